The SMILES string of the molecule is CC.CC.CC.CC.CC.CC.CC(C)(C)c1c[c-]ncc1.CC(C)(C)c1ccc[c-]n1.CC(C)(C)c1cccc(C(C)(C)C)c1.CC(C)(C)c1ccn[c-]n1.CC(C)(C)c1cnc[c-]n1.CC(C)(C)c1n[c-]ccn1.CC(C)(C)c1n[c-]ncn1.CC(C)c1c[c-]ccc1.C[C-](C)C.C[C-](C)C.C[C-](C)C.C[C-](C)C.C[CH-]C.C[CH-]C.C[CH-]C.[B]C.[W+2].[W+2].[W+2].[W+2].[W+2].[W+2].[W+2]. The Kier molecular flexibility index (Phi) is 162. The van der Waals surface area contributed by atoms with Crippen LogP contribution in [0.4, 0.5) is 0 Å². The van der Waals surface area contributed by atoms with E-state index in [0.717, 1.165) is 28.7 Å². The van der Waals surface area contributed by atoms with Crippen molar-refractivity contribution in [3.8, 4) is 0 Å². The zero-order valence-corrected chi connectivity index (χ0v) is 114. The van der Waals surface area contributed by atoms with Crippen LogP contribution >= 0.6 is 0 Å². The van der Waals surface area contributed by atoms with Crippen molar-refractivity contribution in [2.75, 3.05) is 0 Å². The maximum atomic E-state index is 4.50. The minimum atomic E-state index is -0.000556. The van der Waals surface area contributed by atoms with Crippen LogP contribution in [-0.2, 0) is 191 Å². The molecule has 0 amide bonds. The Morgan fingerprint density at radius 3 is 0.845 bits per heavy atom. The number of nitrogens with zero attached hydrogens (tertiary/aromatic N) is 11. The molecule has 19 heteroatoms. The Morgan fingerprint density at radius 1 is 0.318 bits per heavy atom. The van der Waals surface area contributed by atoms with Crippen LogP contribution in [0.25, 0.3) is 0 Å². The molecule has 8 aromatic rings. The van der Waals surface area contributed by atoms with E-state index in [4.69, 9.17) is 0 Å². The Morgan fingerprint density at radius 2 is 0.651 bits per heavy atom. The maximum Gasteiger partial charge on any atom is 2.00 e. The van der Waals surface area contributed by atoms with E-state index < -0.39 is 0 Å². The summed E-state index contributed by atoms with van der Waals surface area (Å²) in [6.07, 6.45) is 32.2. The first-order valence-electron chi connectivity index (χ1n) is 44.6. The first-order valence-corrected chi connectivity index (χ1v) is 44.6. The molecule has 6 aromatic heterocycles. The largest absolute Gasteiger partial charge is 2.00 e. The predicted molar refractivity (Wildman–Crippen MR) is 551 cm³/mol. The molecule has 0 aliphatic carbocycles. The molecular weight excluding hydrogens is 2770 g/mol. The van der Waals surface area contributed by atoms with Crippen LogP contribution < -0.4 is 0 Å². The molecule has 11 nitrogen and oxygen atoms in total. The summed E-state index contributed by atoms with van der Waals surface area (Å²) < 4.78 is 0. The van der Waals surface area contributed by atoms with Crippen LogP contribution in [0.3, 0.4) is 0 Å². The van der Waals surface area contributed by atoms with Crippen molar-refractivity contribution in [2.45, 2.75) is 444 Å². The molecule has 0 fully saturated rings. The maximum absolute atomic E-state index is 4.50. The molecule has 6 heterocycles. The van der Waals surface area contributed by atoms with Crippen molar-refractivity contribution in [1.29, 1.82) is 0 Å². The molecule has 2 aromatic carbocycles. The third kappa shape index (κ3) is 144. The van der Waals surface area contributed by atoms with Gasteiger partial charge in [0.25, 0.3) is 0 Å². The van der Waals surface area contributed by atoms with Gasteiger partial charge in [-0.2, -0.15) is 191 Å². The number of hydrogen-bond donors (Lipinski definition) is 0. The van der Waals surface area contributed by atoms with E-state index in [1.165, 1.54) is 59.1 Å². The van der Waals surface area contributed by atoms with Crippen molar-refractivity contribution >= 4 is 7.85 Å². The normalized spacial score (nSPS) is 9.32. The van der Waals surface area contributed by atoms with E-state index in [-0.39, 0.29) is 191 Å². The Hall–Kier alpha value is -2.13. The van der Waals surface area contributed by atoms with Gasteiger partial charge < -0.3 is 97.8 Å². The zero-order valence-electron chi connectivity index (χ0n) is 93.8. The number of benzene rings is 2. The number of pyridine rings is 2. The molecule has 0 bridgehead atoms. The molecule has 0 atom stereocenters. The van der Waals surface area contributed by atoms with E-state index >= 15 is 0 Å². The number of rotatable bonds is 1. The smallest absolute Gasteiger partial charge is 0.452 e. The van der Waals surface area contributed by atoms with Crippen LogP contribution in [0.2, 0.25) is 6.82 Å². The van der Waals surface area contributed by atoms with E-state index in [2.05, 4.69) is 400 Å². The van der Waals surface area contributed by atoms with Gasteiger partial charge in [0.1, 0.15) is 0 Å². The summed E-state index contributed by atoms with van der Waals surface area (Å²) in [7, 11) is 4.50. The summed E-state index contributed by atoms with van der Waals surface area (Å²) in [6, 6.07) is 33.5. The summed E-state index contributed by atoms with van der Waals surface area (Å²) in [6.45, 7) is 118. The fourth-order valence-corrected chi connectivity index (χ4v) is 6.26. The van der Waals surface area contributed by atoms with Gasteiger partial charge in [0, 0.05) is 30.6 Å². The minimum Gasteiger partial charge on any atom is -0.452 e. The average molecular weight is 2970 g/mol. The second kappa shape index (κ2) is 116. The van der Waals surface area contributed by atoms with Crippen molar-refractivity contribution in [1.82, 2.24) is 54.8 Å². The second-order valence-electron chi connectivity index (χ2n) is 36.1. The molecule has 129 heavy (non-hydrogen) atoms. The first kappa shape index (κ1) is 179. The second-order valence-corrected chi connectivity index (χ2v) is 36.1. The third-order valence-electron chi connectivity index (χ3n) is 11.8. The minimum absolute atomic E-state index is 0. The van der Waals surface area contributed by atoms with Gasteiger partial charge in [-0.25, -0.2) is 0 Å². The average Bonchev–Trinajstić information content (AvgIpc) is 0.824. The molecule has 0 aliphatic heterocycles. The summed E-state index contributed by atoms with van der Waals surface area (Å²) in [5.41, 5.74) is 9.70. The van der Waals surface area contributed by atoms with Crippen LogP contribution in [0.15, 0.2) is 128 Å². The number of aromatic nitrogens is 11. The first-order chi connectivity index (χ1) is 56.3. The topological polar surface area (TPSA) is 142 Å². The van der Waals surface area contributed by atoms with E-state index in [0.29, 0.717) is 5.92 Å². The monoisotopic (exact) mass is 2970 g/mol. The molecule has 0 unspecified atom stereocenters. The fraction of sp³-hybridized carbons (Fsp3) is 0.600. The predicted octanol–water partition coefficient (Wildman–Crippen LogP) is 33.5. The van der Waals surface area contributed by atoms with Gasteiger partial charge in [-0.05, 0) is 56.0 Å². The van der Waals surface area contributed by atoms with Crippen molar-refractivity contribution < 1.29 is 147 Å². The molecule has 0 saturated carbocycles. The van der Waals surface area contributed by atoms with Gasteiger partial charge >= 0.3 is 147 Å². The quantitative estimate of drug-likeness (QED) is 0.114. The molecule has 8 rings (SSSR count). The molecule has 736 valence electrons. The van der Waals surface area contributed by atoms with Crippen molar-refractivity contribution in [3.05, 3.63) is 266 Å². The fourth-order valence-electron chi connectivity index (χ4n) is 6.26. The number of hydrogen-bond acceptors (Lipinski definition) is 11. The molecule has 0 N–H and O–H groups in total. The Bertz CT molecular complexity index is 2750. The van der Waals surface area contributed by atoms with Crippen molar-refractivity contribution in [2.24, 2.45) is 0 Å². The summed E-state index contributed by atoms with van der Waals surface area (Å²) in [5, 5.41) is 0. The van der Waals surface area contributed by atoms with E-state index in [1.807, 2.05) is 198 Å². The summed E-state index contributed by atoms with van der Waals surface area (Å²) >= 11 is 0. The molecule has 0 spiro atoms. The summed E-state index contributed by atoms with van der Waals surface area (Å²) in [5.74, 6) is 7.92. The van der Waals surface area contributed by atoms with Gasteiger partial charge in [0.2, 0.25) is 0 Å². The summed E-state index contributed by atoms with van der Waals surface area (Å²) in [4.78, 5) is 43.3. The van der Waals surface area contributed by atoms with Gasteiger partial charge in [-0.1, -0.05) is 365 Å². The van der Waals surface area contributed by atoms with Gasteiger partial charge in [-0.3, -0.25) is 0 Å². The van der Waals surface area contributed by atoms with E-state index in [9.17, 15) is 0 Å². The van der Waals surface area contributed by atoms with E-state index in [1.54, 1.807) is 37.1 Å². The van der Waals surface area contributed by atoms with Crippen LogP contribution in [0.1, 0.15) is 445 Å². The molecule has 0 aliphatic rings. The van der Waals surface area contributed by atoms with Crippen LogP contribution in [0, 0.1) is 86.4 Å². The zero-order chi connectivity index (χ0) is 99.8. The standard InChI is InChI=1S/C14H22.2C9H12N.C9H11.3C8H11N2.C7H10N3.4C4H9.3C3H7.6C2H6.CH3B.7W/c1-13(2,3)11-8-7-9-12(10-11)14(4,5)6;1-9(2,3)8-4-6-10-7-5-8;1-9(2,3)8-6-4-5-7-10-8;1-8(2)9-6-4-3-5-7-9;1-8(2,3)7-6-9-4-5-10-7;1-8(2,3)7-4-5-9-6-10-7;1-8(2,3)7-9-5-4-6-10-7;1-7(2,3)6-9-4-8-5-10-6;4*1-4(2)3;3*1-3-2;7*1-2;;;;;;;/h7-10H,1-6H3;2*4-6H,1-3H3;3-4,6-8H,1-2H3;4,6H,1-3H3;2*4-5H,1-3H3;4H,1-3H3;4*1-3H3;3*3H,1-2H3;6*1-2H3;1H3;;;;;;;/q;14*-1;;;;;;;;7*+2. The van der Waals surface area contributed by atoms with Crippen LogP contribution in [-0.4, -0.2) is 62.7 Å². The van der Waals surface area contributed by atoms with Crippen molar-refractivity contribution in [3.63, 3.8) is 0 Å². The van der Waals surface area contributed by atoms with Gasteiger partial charge in [0.05, 0.1) is 7.85 Å². The van der Waals surface area contributed by atoms with Crippen LogP contribution in [0.5, 0.6) is 0 Å². The van der Waals surface area contributed by atoms with Gasteiger partial charge in [0.15, 0.2) is 0 Å². The van der Waals surface area contributed by atoms with Gasteiger partial charge in [-0.15, -0.1) is 23.9 Å². The third-order valence-corrected chi connectivity index (χ3v) is 11.8. The molecule has 0 saturated heterocycles. The Labute approximate surface area is 910 Å². The molecular formula is C110H196BN11W7. The molecule has 2 radical (unpaired) electrons. The Balaban J connectivity index is -0.0000000511.